The average molecular weight is 284 g/mol. The number of ketones is 1. The third-order valence-corrected chi connectivity index (χ3v) is 3.63. The van der Waals surface area contributed by atoms with E-state index in [9.17, 15) is 9.59 Å². The summed E-state index contributed by atoms with van der Waals surface area (Å²) in [6.07, 6.45) is 3.82. The lowest BCUT2D eigenvalue weighted by Crippen LogP contribution is -2.27. The molecule has 4 nitrogen and oxygen atoms in total. The van der Waals surface area contributed by atoms with Crippen LogP contribution in [0.5, 0.6) is 5.75 Å². The number of aryl methyl sites for hydroxylation is 1. The number of Topliss-reactive ketones (excluding diaryl/α,β-unsaturated/α-hetero) is 1. The van der Waals surface area contributed by atoms with Crippen LogP contribution in [0.4, 0.5) is 0 Å². The van der Waals surface area contributed by atoms with Crippen LogP contribution in [0.25, 0.3) is 17.0 Å². The maximum atomic E-state index is 11.9. The van der Waals surface area contributed by atoms with E-state index in [4.69, 9.17) is 9.15 Å². The number of carbonyl (C=O) groups is 1. The number of benzene rings is 1. The van der Waals surface area contributed by atoms with Crippen molar-refractivity contribution in [2.75, 3.05) is 0 Å². The average Bonchev–Trinajstić information content (AvgIpc) is 2.36. The zero-order valence-corrected chi connectivity index (χ0v) is 12.4. The largest absolute Gasteiger partial charge is 0.483 e. The van der Waals surface area contributed by atoms with Gasteiger partial charge in [0, 0.05) is 5.39 Å². The summed E-state index contributed by atoms with van der Waals surface area (Å²) >= 11 is 0. The molecule has 0 unspecified atom stereocenters. The van der Waals surface area contributed by atoms with Gasteiger partial charge in [0.15, 0.2) is 5.78 Å². The fraction of sp³-hybridized carbons (Fsp3) is 0.294. The summed E-state index contributed by atoms with van der Waals surface area (Å²) in [6, 6.07) is 3.51. The van der Waals surface area contributed by atoms with E-state index in [1.807, 2.05) is 39.0 Å². The lowest BCUT2D eigenvalue weighted by Gasteiger charge is -2.28. The van der Waals surface area contributed by atoms with Crippen LogP contribution in [0.15, 0.2) is 27.4 Å². The molecular formula is C17H16O4. The lowest BCUT2D eigenvalue weighted by atomic mass is 9.97. The molecular weight excluding hydrogens is 268 g/mol. The number of rotatable bonds is 1. The Hall–Kier alpha value is -2.36. The minimum absolute atomic E-state index is 0.0755. The second-order valence-electron chi connectivity index (χ2n) is 5.89. The second kappa shape index (κ2) is 4.32. The molecule has 2 heterocycles. The van der Waals surface area contributed by atoms with Gasteiger partial charge in [-0.15, -0.1) is 0 Å². The summed E-state index contributed by atoms with van der Waals surface area (Å²) in [4.78, 5) is 23.4. The fourth-order valence-corrected chi connectivity index (χ4v) is 2.52. The molecule has 0 fully saturated rings. The normalized spacial score (nSPS) is 15.6. The Morgan fingerprint density at radius 3 is 2.62 bits per heavy atom. The Morgan fingerprint density at radius 2 is 1.95 bits per heavy atom. The van der Waals surface area contributed by atoms with Crippen molar-refractivity contribution in [2.24, 2.45) is 0 Å². The monoisotopic (exact) mass is 284 g/mol. The number of carbonyl (C=O) groups excluding carboxylic acids is 1. The zero-order valence-electron chi connectivity index (χ0n) is 12.4. The van der Waals surface area contributed by atoms with Gasteiger partial charge in [-0.1, -0.05) is 0 Å². The first kappa shape index (κ1) is 13.6. The molecule has 1 aliphatic heterocycles. The molecule has 0 radical (unpaired) electrons. The highest BCUT2D eigenvalue weighted by atomic mass is 16.5. The van der Waals surface area contributed by atoms with Crippen LogP contribution >= 0.6 is 0 Å². The van der Waals surface area contributed by atoms with Crippen molar-refractivity contribution in [3.63, 3.8) is 0 Å². The van der Waals surface area contributed by atoms with Crippen LogP contribution < -0.4 is 10.4 Å². The molecule has 0 bridgehead atoms. The molecule has 108 valence electrons. The molecule has 21 heavy (non-hydrogen) atoms. The minimum Gasteiger partial charge on any atom is -0.483 e. The summed E-state index contributed by atoms with van der Waals surface area (Å²) in [6.45, 7) is 7.18. The van der Waals surface area contributed by atoms with E-state index in [1.54, 1.807) is 6.07 Å². The quantitative estimate of drug-likeness (QED) is 0.594. The molecule has 0 aliphatic carbocycles. The molecule has 4 heteroatoms. The van der Waals surface area contributed by atoms with Crippen molar-refractivity contribution in [1.82, 2.24) is 0 Å². The van der Waals surface area contributed by atoms with Crippen LogP contribution in [0.3, 0.4) is 0 Å². The summed E-state index contributed by atoms with van der Waals surface area (Å²) in [5.74, 6) is 0.391. The molecule has 1 aliphatic rings. The van der Waals surface area contributed by atoms with Crippen molar-refractivity contribution in [3.05, 3.63) is 45.3 Å². The van der Waals surface area contributed by atoms with Gasteiger partial charge in [0.05, 0.1) is 5.56 Å². The van der Waals surface area contributed by atoms with Gasteiger partial charge in [-0.25, -0.2) is 4.79 Å². The number of ether oxygens (including phenoxy) is 1. The van der Waals surface area contributed by atoms with E-state index in [-0.39, 0.29) is 11.3 Å². The Bertz CT molecular complexity index is 853. The van der Waals surface area contributed by atoms with Crippen LogP contribution in [0.2, 0.25) is 0 Å². The van der Waals surface area contributed by atoms with Crippen LogP contribution in [-0.2, 0) is 0 Å². The molecule has 0 saturated heterocycles. The van der Waals surface area contributed by atoms with Gasteiger partial charge in [0.1, 0.15) is 22.5 Å². The van der Waals surface area contributed by atoms with E-state index < -0.39 is 11.2 Å². The van der Waals surface area contributed by atoms with Gasteiger partial charge in [-0.2, -0.15) is 0 Å². The van der Waals surface area contributed by atoms with E-state index in [1.165, 1.54) is 6.92 Å². The molecule has 1 aromatic heterocycles. The van der Waals surface area contributed by atoms with Crippen LogP contribution in [0, 0.1) is 6.92 Å². The molecule has 0 atom stereocenters. The van der Waals surface area contributed by atoms with E-state index in [0.717, 1.165) is 16.5 Å². The predicted molar refractivity (Wildman–Crippen MR) is 81.0 cm³/mol. The first-order valence-corrected chi connectivity index (χ1v) is 6.79. The highest BCUT2D eigenvalue weighted by Crippen LogP contribution is 2.37. The molecule has 0 saturated carbocycles. The van der Waals surface area contributed by atoms with Gasteiger partial charge in [0.2, 0.25) is 0 Å². The van der Waals surface area contributed by atoms with Crippen LogP contribution in [-0.4, -0.2) is 11.4 Å². The van der Waals surface area contributed by atoms with Gasteiger partial charge in [-0.05, 0) is 57.5 Å². The smallest absolute Gasteiger partial charge is 0.347 e. The Morgan fingerprint density at radius 1 is 1.24 bits per heavy atom. The summed E-state index contributed by atoms with van der Waals surface area (Å²) in [7, 11) is 0. The minimum atomic E-state index is -0.610. The van der Waals surface area contributed by atoms with Crippen molar-refractivity contribution < 1.29 is 13.9 Å². The third-order valence-electron chi connectivity index (χ3n) is 3.63. The fourth-order valence-electron chi connectivity index (χ4n) is 2.52. The molecule has 0 spiro atoms. The Labute approximate surface area is 122 Å². The highest BCUT2D eigenvalue weighted by Gasteiger charge is 2.25. The van der Waals surface area contributed by atoms with Crippen molar-refractivity contribution in [3.8, 4) is 5.75 Å². The zero-order chi connectivity index (χ0) is 15.4. The van der Waals surface area contributed by atoms with E-state index in [0.29, 0.717) is 11.3 Å². The Kier molecular flexibility index (Phi) is 2.80. The first-order chi connectivity index (χ1) is 9.78. The third kappa shape index (κ3) is 2.17. The standard InChI is InChI=1S/C17H16O4/c1-9-7-14-11(5-6-17(3,4)21-14)15-12(9)8-13(10(2)18)16(19)20-15/h5-8H,1-4H3. The summed E-state index contributed by atoms with van der Waals surface area (Å²) in [5.41, 5.74) is 1.18. The predicted octanol–water partition coefficient (Wildman–Crippen LogP) is 3.49. The van der Waals surface area contributed by atoms with Gasteiger partial charge < -0.3 is 9.15 Å². The number of fused-ring (bicyclic) bond motifs is 3. The van der Waals surface area contributed by atoms with Gasteiger partial charge in [-0.3, -0.25) is 4.79 Å². The van der Waals surface area contributed by atoms with Crippen molar-refractivity contribution >= 4 is 22.8 Å². The van der Waals surface area contributed by atoms with Crippen molar-refractivity contribution in [2.45, 2.75) is 33.3 Å². The number of hydrogen-bond donors (Lipinski definition) is 0. The molecule has 0 N–H and O–H groups in total. The van der Waals surface area contributed by atoms with Crippen molar-refractivity contribution in [1.29, 1.82) is 0 Å². The molecule has 2 aromatic rings. The summed E-state index contributed by atoms with van der Waals surface area (Å²) in [5, 5.41) is 0.756. The SMILES string of the molecule is CC(=O)c1cc2c(C)cc3c(c2oc1=O)C=CC(C)(C)O3. The number of hydrogen-bond acceptors (Lipinski definition) is 4. The molecule has 0 amide bonds. The molecule has 1 aromatic carbocycles. The van der Waals surface area contributed by atoms with E-state index >= 15 is 0 Å². The highest BCUT2D eigenvalue weighted by molar-refractivity contribution is 5.99. The maximum absolute atomic E-state index is 11.9. The maximum Gasteiger partial charge on any atom is 0.347 e. The second-order valence-corrected chi connectivity index (χ2v) is 5.89. The topological polar surface area (TPSA) is 56.5 Å². The first-order valence-electron chi connectivity index (χ1n) is 6.79. The summed E-state index contributed by atoms with van der Waals surface area (Å²) < 4.78 is 11.3. The van der Waals surface area contributed by atoms with Gasteiger partial charge in [0.25, 0.3) is 0 Å². The van der Waals surface area contributed by atoms with Gasteiger partial charge >= 0.3 is 5.63 Å². The van der Waals surface area contributed by atoms with Crippen LogP contribution in [0.1, 0.15) is 42.3 Å². The Balaban J connectivity index is 2.38. The van der Waals surface area contributed by atoms with E-state index in [2.05, 4.69) is 0 Å². The molecule has 3 rings (SSSR count). The lowest BCUT2D eigenvalue weighted by molar-refractivity contribution is 0.101.